The number of hydrazone groups is 2. The van der Waals surface area contributed by atoms with E-state index in [-0.39, 0.29) is 11.8 Å². The molecule has 194 valence electrons. The molecule has 2 amide bonds. The molecule has 0 aliphatic rings. The fourth-order valence-electron chi connectivity index (χ4n) is 3.49. The summed E-state index contributed by atoms with van der Waals surface area (Å²) in [5, 5.41) is 8.07. The number of carbonyl (C=O) groups excluding carboxylic acids is 2. The number of carbonyl (C=O) groups is 2. The van der Waals surface area contributed by atoms with Gasteiger partial charge in [0.15, 0.2) is 0 Å². The topological polar surface area (TPSA) is 101 Å². The average molecular weight is 495 g/mol. The number of hydrogen-bond donors (Lipinski definition) is 2. The molecule has 8 heteroatoms. The van der Waals surface area contributed by atoms with Gasteiger partial charge in [-0.3, -0.25) is 9.59 Å². The van der Waals surface area contributed by atoms with E-state index in [1.165, 1.54) is 0 Å². The van der Waals surface area contributed by atoms with Crippen LogP contribution in [-0.4, -0.2) is 37.5 Å². The van der Waals surface area contributed by atoms with Crippen molar-refractivity contribution in [1.29, 1.82) is 0 Å². The zero-order chi connectivity index (χ0) is 25.8. The molecule has 0 bridgehead atoms. The zero-order valence-electron chi connectivity index (χ0n) is 21.4. The third kappa shape index (κ3) is 11.6. The van der Waals surface area contributed by atoms with E-state index in [4.69, 9.17) is 9.47 Å². The van der Waals surface area contributed by atoms with Crippen LogP contribution in [0.25, 0.3) is 0 Å². The Labute approximate surface area is 214 Å². The van der Waals surface area contributed by atoms with E-state index in [0.717, 1.165) is 61.2 Å². The monoisotopic (exact) mass is 494 g/mol. The van der Waals surface area contributed by atoms with Crippen molar-refractivity contribution in [2.45, 2.75) is 65.2 Å². The summed E-state index contributed by atoms with van der Waals surface area (Å²) in [6.45, 7) is 5.00. The van der Waals surface area contributed by atoms with Crippen LogP contribution in [0.2, 0.25) is 0 Å². The van der Waals surface area contributed by atoms with Crippen molar-refractivity contribution in [2.75, 3.05) is 13.2 Å². The van der Waals surface area contributed by atoms with E-state index < -0.39 is 0 Å². The van der Waals surface area contributed by atoms with Gasteiger partial charge in [0, 0.05) is 24.0 Å². The third-order valence-corrected chi connectivity index (χ3v) is 5.28. The summed E-state index contributed by atoms with van der Waals surface area (Å²) in [7, 11) is 0. The summed E-state index contributed by atoms with van der Waals surface area (Å²) in [6.07, 6.45) is 9.73. The Morgan fingerprint density at radius 1 is 0.667 bits per heavy atom. The Morgan fingerprint density at radius 3 is 1.47 bits per heavy atom. The average Bonchev–Trinajstić information content (AvgIpc) is 2.88. The van der Waals surface area contributed by atoms with Gasteiger partial charge >= 0.3 is 0 Å². The minimum atomic E-state index is -0.0961. The number of nitrogens with zero attached hydrogens (tertiary/aromatic N) is 2. The van der Waals surface area contributed by atoms with Crippen LogP contribution in [-0.2, 0) is 9.59 Å². The highest BCUT2D eigenvalue weighted by Gasteiger charge is 2.03. The number of benzene rings is 2. The van der Waals surface area contributed by atoms with E-state index in [2.05, 4.69) is 21.1 Å². The second kappa shape index (κ2) is 17.7. The maximum atomic E-state index is 12.0. The van der Waals surface area contributed by atoms with Gasteiger partial charge in [0.1, 0.15) is 11.5 Å². The molecule has 36 heavy (non-hydrogen) atoms. The molecule has 8 nitrogen and oxygen atoms in total. The first-order valence-electron chi connectivity index (χ1n) is 12.7. The Kier molecular flexibility index (Phi) is 14.0. The molecule has 0 unspecified atom stereocenters. The van der Waals surface area contributed by atoms with Crippen LogP contribution in [0.3, 0.4) is 0 Å². The summed E-state index contributed by atoms with van der Waals surface area (Å²) in [6, 6.07) is 15.1. The van der Waals surface area contributed by atoms with Crippen molar-refractivity contribution >= 4 is 24.2 Å². The summed E-state index contributed by atoms with van der Waals surface area (Å²) in [5.74, 6) is 1.29. The highest BCUT2D eigenvalue weighted by molar-refractivity contribution is 5.85. The first-order valence-corrected chi connectivity index (χ1v) is 12.7. The maximum absolute atomic E-state index is 12.0. The predicted octanol–water partition coefficient (Wildman–Crippen LogP) is 5.21. The fraction of sp³-hybridized carbons (Fsp3) is 0.429. The molecule has 2 aromatic carbocycles. The molecule has 0 aliphatic carbocycles. The number of ether oxygens (including phenoxy) is 2. The van der Waals surface area contributed by atoms with Crippen LogP contribution in [0.4, 0.5) is 0 Å². The second-order valence-electron chi connectivity index (χ2n) is 8.15. The third-order valence-electron chi connectivity index (χ3n) is 5.28. The fourth-order valence-corrected chi connectivity index (χ4v) is 3.49. The Balaban J connectivity index is 1.50. The first kappa shape index (κ1) is 28.6. The van der Waals surface area contributed by atoms with Crippen molar-refractivity contribution in [3.63, 3.8) is 0 Å². The smallest absolute Gasteiger partial charge is 0.240 e. The van der Waals surface area contributed by atoms with Crippen molar-refractivity contribution in [3.05, 3.63) is 59.7 Å². The molecule has 0 saturated heterocycles. The van der Waals surface area contributed by atoms with E-state index in [1.54, 1.807) is 12.4 Å². The second-order valence-corrected chi connectivity index (χ2v) is 8.15. The highest BCUT2D eigenvalue weighted by atomic mass is 16.5. The molecule has 0 radical (unpaired) electrons. The molecule has 0 aromatic heterocycles. The number of rotatable bonds is 17. The predicted molar refractivity (Wildman–Crippen MR) is 144 cm³/mol. The molecule has 0 heterocycles. The van der Waals surface area contributed by atoms with E-state index in [9.17, 15) is 9.59 Å². The molecule has 0 atom stereocenters. The minimum Gasteiger partial charge on any atom is -0.493 e. The molecule has 0 saturated carbocycles. The molecule has 0 aliphatic heterocycles. The van der Waals surface area contributed by atoms with Crippen LogP contribution in [0.15, 0.2) is 58.7 Å². The minimum absolute atomic E-state index is 0.0961. The number of para-hydroxylation sites is 2. The van der Waals surface area contributed by atoms with Crippen LogP contribution >= 0.6 is 0 Å². The lowest BCUT2D eigenvalue weighted by Crippen LogP contribution is -2.17. The first-order chi connectivity index (χ1) is 17.6. The van der Waals surface area contributed by atoms with Crippen molar-refractivity contribution in [3.8, 4) is 11.5 Å². The Morgan fingerprint density at radius 2 is 1.06 bits per heavy atom. The summed E-state index contributed by atoms with van der Waals surface area (Å²) in [4.78, 5) is 23.9. The van der Waals surface area contributed by atoms with Crippen molar-refractivity contribution in [1.82, 2.24) is 10.9 Å². The number of hydrogen-bond acceptors (Lipinski definition) is 6. The van der Waals surface area contributed by atoms with Gasteiger partial charge in [-0.05, 0) is 51.0 Å². The van der Waals surface area contributed by atoms with Crippen LogP contribution in [0.1, 0.15) is 76.3 Å². The lowest BCUT2D eigenvalue weighted by Gasteiger charge is -2.06. The van der Waals surface area contributed by atoms with Gasteiger partial charge in [-0.25, -0.2) is 10.9 Å². The van der Waals surface area contributed by atoms with Gasteiger partial charge in [-0.2, -0.15) is 10.2 Å². The zero-order valence-corrected chi connectivity index (χ0v) is 21.4. The number of amides is 2. The lowest BCUT2D eigenvalue weighted by molar-refractivity contribution is -0.122. The highest BCUT2D eigenvalue weighted by Crippen LogP contribution is 2.16. The molecule has 0 fully saturated rings. The molecule has 2 aromatic rings. The standard InChI is InChI=1S/C28H38N4O4/c1-3-35-25-17-13-11-15-23(25)21-29-31-27(33)19-9-7-5-6-8-10-20-28(34)32-30-22-24-16-12-14-18-26(24)36-4-2/h11-18,21-22H,3-10,19-20H2,1-2H3,(H,31,33)(H,32,34)/b29-21+,30-22+. The van der Waals surface area contributed by atoms with Gasteiger partial charge in [0.05, 0.1) is 25.6 Å². The van der Waals surface area contributed by atoms with Gasteiger partial charge in [0.25, 0.3) is 0 Å². The number of unbranched alkanes of at least 4 members (excludes halogenated alkanes) is 5. The van der Waals surface area contributed by atoms with E-state index in [0.29, 0.717) is 26.1 Å². The Hall–Kier alpha value is -3.68. The summed E-state index contributed by atoms with van der Waals surface area (Å²) < 4.78 is 11.1. The van der Waals surface area contributed by atoms with Crippen LogP contribution < -0.4 is 20.3 Å². The van der Waals surface area contributed by atoms with Gasteiger partial charge in [-0.1, -0.05) is 49.9 Å². The molecule has 0 spiro atoms. The molecule has 2 rings (SSSR count). The maximum Gasteiger partial charge on any atom is 0.240 e. The van der Waals surface area contributed by atoms with Crippen molar-refractivity contribution in [2.24, 2.45) is 10.2 Å². The number of nitrogens with one attached hydrogen (secondary N) is 2. The van der Waals surface area contributed by atoms with E-state index in [1.807, 2.05) is 62.4 Å². The molecular formula is C28H38N4O4. The largest absolute Gasteiger partial charge is 0.493 e. The van der Waals surface area contributed by atoms with Crippen molar-refractivity contribution < 1.29 is 19.1 Å². The van der Waals surface area contributed by atoms with E-state index >= 15 is 0 Å². The lowest BCUT2D eigenvalue weighted by atomic mass is 10.1. The molecule has 2 N–H and O–H groups in total. The Bertz CT molecular complexity index is 912. The SMILES string of the molecule is CCOc1ccccc1/C=N/NC(=O)CCCCCCCCC(=O)N/N=C/c1ccccc1OCC. The summed E-state index contributed by atoms with van der Waals surface area (Å²) >= 11 is 0. The summed E-state index contributed by atoms with van der Waals surface area (Å²) in [5.41, 5.74) is 6.80. The normalized spacial score (nSPS) is 11.1. The molecular weight excluding hydrogens is 456 g/mol. The van der Waals surface area contributed by atoms with Gasteiger partial charge in [-0.15, -0.1) is 0 Å². The van der Waals surface area contributed by atoms with Crippen LogP contribution in [0, 0.1) is 0 Å². The quantitative estimate of drug-likeness (QED) is 0.179. The van der Waals surface area contributed by atoms with Gasteiger partial charge in [0.2, 0.25) is 11.8 Å². The van der Waals surface area contributed by atoms with Crippen LogP contribution in [0.5, 0.6) is 11.5 Å². The van der Waals surface area contributed by atoms with Gasteiger partial charge < -0.3 is 9.47 Å².